The van der Waals surface area contributed by atoms with Crippen LogP contribution in [0, 0.1) is 0 Å². The Morgan fingerprint density at radius 2 is 1.23 bits per heavy atom. The molecule has 3 N–H and O–H groups in total. The van der Waals surface area contributed by atoms with Crippen molar-refractivity contribution >= 4 is 17.8 Å². The van der Waals surface area contributed by atoms with Gasteiger partial charge in [-0.05, 0) is 40.7 Å². The summed E-state index contributed by atoms with van der Waals surface area (Å²) >= 11 is 0. The Balaban J connectivity index is 1.87. The number of hydrogen-bond acceptors (Lipinski definition) is 8. The number of likely N-dealkylation sites (N-methyl/N-ethyl adjacent to an activating group) is 1. The van der Waals surface area contributed by atoms with Crippen molar-refractivity contribution in [3.05, 3.63) is 12.1 Å². The van der Waals surface area contributed by atoms with Crippen LogP contribution in [0.1, 0.15) is 117 Å². The molecule has 0 radical (unpaired) electrons. The molecule has 0 bridgehead atoms. The summed E-state index contributed by atoms with van der Waals surface area (Å²) < 4.78 is 6.00. The SMILES string of the molecule is CN(CCNC(=O)CCCCCCCCCCCCCCC(=O)OC(C)(C)C)CCC(=O)On1c(O)ccc1O. The summed E-state index contributed by atoms with van der Waals surface area (Å²) in [7, 11) is 1.85. The molecule has 0 unspecified atom stereocenters. The molecule has 40 heavy (non-hydrogen) atoms. The molecule has 0 aliphatic heterocycles. The van der Waals surface area contributed by atoms with Crippen LogP contribution in [0.25, 0.3) is 0 Å². The zero-order valence-corrected chi connectivity index (χ0v) is 25.2. The first kappa shape index (κ1) is 35.3. The molecule has 0 atom stereocenters. The number of ether oxygens (including phenoxy) is 1. The molecule has 0 spiro atoms. The van der Waals surface area contributed by atoms with Gasteiger partial charge in [-0.15, -0.1) is 4.73 Å². The number of hydrogen-bond donors (Lipinski definition) is 3. The van der Waals surface area contributed by atoms with Crippen LogP contribution < -0.4 is 10.2 Å². The largest absolute Gasteiger partial charge is 0.492 e. The zero-order valence-electron chi connectivity index (χ0n) is 25.2. The minimum Gasteiger partial charge on any atom is -0.492 e. The number of rotatable bonds is 22. The fourth-order valence-corrected chi connectivity index (χ4v) is 4.23. The van der Waals surface area contributed by atoms with Gasteiger partial charge in [-0.25, -0.2) is 4.79 Å². The molecular formula is C30H53N3O7. The van der Waals surface area contributed by atoms with Crippen LogP contribution in [-0.4, -0.2) is 70.0 Å². The van der Waals surface area contributed by atoms with Gasteiger partial charge in [0, 0.05) is 44.6 Å². The second-order valence-corrected chi connectivity index (χ2v) is 11.5. The highest BCUT2D eigenvalue weighted by atomic mass is 16.7. The molecule has 1 amide bonds. The van der Waals surface area contributed by atoms with Crippen molar-refractivity contribution < 1.29 is 34.2 Å². The number of nitrogens with one attached hydrogen (secondary N) is 1. The molecule has 10 nitrogen and oxygen atoms in total. The Hall–Kier alpha value is -2.75. The van der Waals surface area contributed by atoms with Crippen LogP contribution in [0.15, 0.2) is 12.1 Å². The lowest BCUT2D eigenvalue weighted by Gasteiger charge is -2.19. The summed E-state index contributed by atoms with van der Waals surface area (Å²) in [6.07, 6.45) is 14.9. The number of carbonyl (C=O) groups excluding carboxylic acids is 3. The highest BCUT2D eigenvalue weighted by Crippen LogP contribution is 2.19. The summed E-state index contributed by atoms with van der Waals surface area (Å²) in [4.78, 5) is 42.4. The van der Waals surface area contributed by atoms with E-state index in [0.29, 0.717) is 37.2 Å². The van der Waals surface area contributed by atoms with E-state index < -0.39 is 11.6 Å². The van der Waals surface area contributed by atoms with Crippen molar-refractivity contribution in [1.29, 1.82) is 0 Å². The molecule has 0 aliphatic carbocycles. The predicted molar refractivity (Wildman–Crippen MR) is 155 cm³/mol. The molecule has 0 aromatic carbocycles. The molecule has 1 aromatic rings. The van der Waals surface area contributed by atoms with E-state index >= 15 is 0 Å². The van der Waals surface area contributed by atoms with Crippen molar-refractivity contribution in [2.45, 2.75) is 123 Å². The van der Waals surface area contributed by atoms with E-state index in [9.17, 15) is 24.6 Å². The van der Waals surface area contributed by atoms with Crippen molar-refractivity contribution in [3.63, 3.8) is 0 Å². The number of nitrogens with zero attached hydrogens (tertiary/aromatic N) is 2. The van der Waals surface area contributed by atoms with E-state index in [2.05, 4.69) is 5.32 Å². The molecular weight excluding hydrogens is 514 g/mol. The maximum Gasteiger partial charge on any atom is 0.334 e. The molecule has 1 heterocycles. The van der Waals surface area contributed by atoms with Gasteiger partial charge in [-0.1, -0.05) is 64.2 Å². The quantitative estimate of drug-likeness (QED) is 0.130. The van der Waals surface area contributed by atoms with Gasteiger partial charge in [0.2, 0.25) is 17.7 Å². The standard InChI is InChI=1S/C30H53N3O7/c1-30(2,3)39-28(37)18-16-14-12-10-8-6-5-7-9-11-13-15-17-25(34)31-22-24-32(4)23-21-29(38)40-33-26(35)19-20-27(33)36/h19-20,35-36H,5-18,21-24H2,1-4H3,(H,31,34). The predicted octanol–water partition coefficient (Wildman–Crippen LogP) is 5.10. The number of esters is 1. The molecule has 0 aliphatic rings. The van der Waals surface area contributed by atoms with Crippen LogP contribution in [0.3, 0.4) is 0 Å². The lowest BCUT2D eigenvalue weighted by Crippen LogP contribution is -2.34. The van der Waals surface area contributed by atoms with Crippen molar-refractivity contribution in [1.82, 2.24) is 14.9 Å². The highest BCUT2D eigenvalue weighted by molar-refractivity contribution is 5.75. The molecule has 10 heteroatoms. The van der Waals surface area contributed by atoms with Crippen LogP contribution in [0.4, 0.5) is 0 Å². The minimum absolute atomic E-state index is 0.0532. The first-order valence-corrected chi connectivity index (χ1v) is 15.0. The Bertz CT molecular complexity index is 844. The zero-order chi connectivity index (χ0) is 29.8. The number of unbranched alkanes of at least 4 members (excludes halogenated alkanes) is 11. The molecule has 230 valence electrons. The summed E-state index contributed by atoms with van der Waals surface area (Å²) in [5.41, 5.74) is -0.391. The van der Waals surface area contributed by atoms with Crippen molar-refractivity contribution in [3.8, 4) is 11.8 Å². The van der Waals surface area contributed by atoms with Crippen molar-refractivity contribution in [2.24, 2.45) is 0 Å². The Labute approximate surface area is 240 Å². The van der Waals surface area contributed by atoms with Crippen LogP contribution in [0.5, 0.6) is 11.8 Å². The van der Waals surface area contributed by atoms with Crippen LogP contribution in [0.2, 0.25) is 0 Å². The maximum atomic E-state index is 12.0. The second-order valence-electron chi connectivity index (χ2n) is 11.5. The lowest BCUT2D eigenvalue weighted by atomic mass is 10.0. The van der Waals surface area contributed by atoms with Gasteiger partial charge in [0.15, 0.2) is 0 Å². The van der Waals surface area contributed by atoms with Crippen LogP contribution in [-0.2, 0) is 19.1 Å². The number of amides is 1. The summed E-state index contributed by atoms with van der Waals surface area (Å²) in [5.74, 6) is -1.32. The van der Waals surface area contributed by atoms with Gasteiger partial charge in [0.05, 0.1) is 6.42 Å². The van der Waals surface area contributed by atoms with E-state index in [4.69, 9.17) is 9.57 Å². The fraction of sp³-hybridized carbons (Fsp3) is 0.767. The van der Waals surface area contributed by atoms with E-state index in [1.807, 2.05) is 32.7 Å². The number of carbonyl (C=O) groups is 3. The number of aromatic nitrogens is 1. The Morgan fingerprint density at radius 3 is 1.73 bits per heavy atom. The fourth-order valence-electron chi connectivity index (χ4n) is 4.23. The first-order valence-electron chi connectivity index (χ1n) is 15.0. The Kier molecular flexibility index (Phi) is 17.8. The van der Waals surface area contributed by atoms with Crippen molar-refractivity contribution in [2.75, 3.05) is 26.7 Å². The third-order valence-electron chi connectivity index (χ3n) is 6.46. The second kappa shape index (κ2) is 20.2. The molecule has 0 fully saturated rings. The summed E-state index contributed by atoms with van der Waals surface area (Å²) in [6.45, 7) is 7.23. The lowest BCUT2D eigenvalue weighted by molar-refractivity contribution is -0.155. The smallest absolute Gasteiger partial charge is 0.334 e. The average molecular weight is 568 g/mol. The summed E-state index contributed by atoms with van der Waals surface area (Å²) in [5, 5.41) is 21.9. The van der Waals surface area contributed by atoms with Crippen LogP contribution >= 0.6 is 0 Å². The van der Waals surface area contributed by atoms with Gasteiger partial charge in [-0.3, -0.25) is 9.59 Å². The summed E-state index contributed by atoms with van der Waals surface area (Å²) in [6, 6.07) is 2.45. The van der Waals surface area contributed by atoms with Gasteiger partial charge >= 0.3 is 11.9 Å². The van der Waals surface area contributed by atoms with E-state index in [0.717, 1.165) is 32.1 Å². The monoisotopic (exact) mass is 567 g/mol. The third kappa shape index (κ3) is 18.5. The van der Waals surface area contributed by atoms with Gasteiger partial charge in [0.25, 0.3) is 0 Å². The molecule has 1 rings (SSSR count). The van der Waals surface area contributed by atoms with E-state index in [-0.39, 0.29) is 30.1 Å². The Morgan fingerprint density at radius 1 is 0.750 bits per heavy atom. The topological polar surface area (TPSA) is 130 Å². The third-order valence-corrected chi connectivity index (χ3v) is 6.46. The molecule has 0 saturated heterocycles. The van der Waals surface area contributed by atoms with E-state index in [1.165, 1.54) is 57.1 Å². The normalized spacial score (nSPS) is 11.5. The number of aromatic hydroxyl groups is 2. The molecule has 0 saturated carbocycles. The van der Waals surface area contributed by atoms with Gasteiger partial charge < -0.3 is 30.0 Å². The highest BCUT2D eigenvalue weighted by Gasteiger charge is 2.15. The first-order chi connectivity index (χ1) is 19.0. The average Bonchev–Trinajstić information content (AvgIpc) is 3.18. The maximum absolute atomic E-state index is 12.0. The molecule has 1 aromatic heterocycles. The van der Waals surface area contributed by atoms with Gasteiger partial charge in [-0.2, -0.15) is 0 Å². The van der Waals surface area contributed by atoms with Gasteiger partial charge in [0.1, 0.15) is 5.60 Å². The van der Waals surface area contributed by atoms with E-state index in [1.54, 1.807) is 0 Å². The minimum atomic E-state index is -0.582.